The van der Waals surface area contributed by atoms with Crippen molar-refractivity contribution < 1.29 is 13.9 Å². The van der Waals surface area contributed by atoms with E-state index in [-0.39, 0.29) is 5.82 Å². The maximum absolute atomic E-state index is 13.0. The number of aliphatic hydroxyl groups is 1. The lowest BCUT2D eigenvalue weighted by molar-refractivity contribution is 0.176. The Morgan fingerprint density at radius 2 is 2.18 bits per heavy atom. The van der Waals surface area contributed by atoms with Crippen LogP contribution < -0.4 is 0 Å². The van der Waals surface area contributed by atoms with E-state index in [9.17, 15) is 9.50 Å². The third-order valence-corrected chi connectivity index (χ3v) is 2.78. The predicted octanol–water partition coefficient (Wildman–Crippen LogP) is 3.26. The fraction of sp³-hybridized carbons (Fsp3) is 0.286. The number of rotatable bonds is 4. The van der Waals surface area contributed by atoms with Crippen LogP contribution >= 0.6 is 0 Å². The summed E-state index contributed by atoms with van der Waals surface area (Å²) < 4.78 is 18.3. The number of hydrogen-bond donors (Lipinski definition) is 1. The van der Waals surface area contributed by atoms with Crippen LogP contribution in [0.25, 0.3) is 0 Å². The smallest absolute Gasteiger partial charge is 0.123 e. The van der Waals surface area contributed by atoms with E-state index in [2.05, 4.69) is 0 Å². The van der Waals surface area contributed by atoms with Crippen molar-refractivity contribution in [1.82, 2.24) is 0 Å². The Labute approximate surface area is 99.7 Å². The van der Waals surface area contributed by atoms with E-state index in [1.165, 1.54) is 12.1 Å². The van der Waals surface area contributed by atoms with Gasteiger partial charge in [0.2, 0.25) is 0 Å². The Morgan fingerprint density at radius 3 is 2.88 bits per heavy atom. The zero-order valence-electron chi connectivity index (χ0n) is 9.69. The molecule has 2 aromatic rings. The first kappa shape index (κ1) is 11.9. The van der Waals surface area contributed by atoms with Gasteiger partial charge in [0, 0.05) is 18.4 Å². The normalized spacial score (nSPS) is 12.6. The molecule has 0 aliphatic carbocycles. The molecule has 0 aliphatic heterocycles. The molecule has 17 heavy (non-hydrogen) atoms. The minimum absolute atomic E-state index is 0.280. The molecule has 2 nitrogen and oxygen atoms in total. The molecule has 0 aliphatic rings. The standard InChI is InChI=1S/C14H15FO2/c1-2-14-12(6-7-17-14)13(16)9-10-4-3-5-11(15)8-10/h3-8,13,16H,2,9H2,1H3. The molecule has 0 saturated heterocycles. The molecule has 1 unspecified atom stereocenters. The van der Waals surface area contributed by atoms with E-state index in [4.69, 9.17) is 4.42 Å². The van der Waals surface area contributed by atoms with Crippen molar-refractivity contribution >= 4 is 0 Å². The second kappa shape index (κ2) is 5.15. The fourth-order valence-corrected chi connectivity index (χ4v) is 1.93. The summed E-state index contributed by atoms with van der Waals surface area (Å²) >= 11 is 0. The first-order valence-corrected chi connectivity index (χ1v) is 5.69. The second-order valence-corrected chi connectivity index (χ2v) is 4.00. The summed E-state index contributed by atoms with van der Waals surface area (Å²) in [5.41, 5.74) is 1.57. The first-order valence-electron chi connectivity index (χ1n) is 5.69. The van der Waals surface area contributed by atoms with Gasteiger partial charge in [-0.3, -0.25) is 0 Å². The molecule has 0 bridgehead atoms. The van der Waals surface area contributed by atoms with Crippen LogP contribution in [0.5, 0.6) is 0 Å². The minimum Gasteiger partial charge on any atom is -0.469 e. The number of benzene rings is 1. The lowest BCUT2D eigenvalue weighted by Crippen LogP contribution is -2.03. The van der Waals surface area contributed by atoms with Crippen LogP contribution in [0, 0.1) is 5.82 Å². The zero-order chi connectivity index (χ0) is 12.3. The van der Waals surface area contributed by atoms with Gasteiger partial charge in [-0.25, -0.2) is 4.39 Å². The van der Waals surface area contributed by atoms with Gasteiger partial charge in [-0.2, -0.15) is 0 Å². The van der Waals surface area contributed by atoms with E-state index < -0.39 is 6.10 Å². The summed E-state index contributed by atoms with van der Waals surface area (Å²) in [6.45, 7) is 1.97. The van der Waals surface area contributed by atoms with Gasteiger partial charge in [-0.15, -0.1) is 0 Å². The van der Waals surface area contributed by atoms with Gasteiger partial charge >= 0.3 is 0 Å². The van der Waals surface area contributed by atoms with Gasteiger partial charge < -0.3 is 9.52 Å². The Kier molecular flexibility index (Phi) is 3.59. The molecule has 1 atom stereocenters. The number of halogens is 1. The molecule has 0 spiro atoms. The van der Waals surface area contributed by atoms with Crippen molar-refractivity contribution in [3.63, 3.8) is 0 Å². The van der Waals surface area contributed by atoms with Crippen LogP contribution in [-0.2, 0) is 12.8 Å². The van der Waals surface area contributed by atoms with E-state index in [1.54, 1.807) is 24.5 Å². The minimum atomic E-state index is -0.648. The number of furan rings is 1. The predicted molar refractivity (Wildman–Crippen MR) is 63.1 cm³/mol. The maximum Gasteiger partial charge on any atom is 0.123 e. The Bertz CT molecular complexity index is 490. The summed E-state index contributed by atoms with van der Waals surface area (Å²) in [6, 6.07) is 8.05. The van der Waals surface area contributed by atoms with Crippen LogP contribution in [-0.4, -0.2) is 5.11 Å². The van der Waals surface area contributed by atoms with Crippen LogP contribution in [0.4, 0.5) is 4.39 Å². The van der Waals surface area contributed by atoms with Crippen molar-refractivity contribution in [3.05, 3.63) is 59.3 Å². The number of aliphatic hydroxyl groups excluding tert-OH is 1. The van der Waals surface area contributed by atoms with Crippen LogP contribution in [0.1, 0.15) is 29.9 Å². The van der Waals surface area contributed by atoms with Crippen molar-refractivity contribution in [2.24, 2.45) is 0 Å². The molecule has 0 saturated carbocycles. The van der Waals surface area contributed by atoms with Crippen molar-refractivity contribution in [2.45, 2.75) is 25.9 Å². The van der Waals surface area contributed by atoms with Crippen LogP contribution in [0.15, 0.2) is 41.0 Å². The number of hydrogen-bond acceptors (Lipinski definition) is 2. The van der Waals surface area contributed by atoms with Crippen molar-refractivity contribution in [1.29, 1.82) is 0 Å². The highest BCUT2D eigenvalue weighted by atomic mass is 19.1. The first-order chi connectivity index (χ1) is 8.20. The average molecular weight is 234 g/mol. The van der Waals surface area contributed by atoms with Crippen molar-refractivity contribution in [3.8, 4) is 0 Å². The van der Waals surface area contributed by atoms with Gasteiger partial charge in [0.05, 0.1) is 12.4 Å². The molecular formula is C14H15FO2. The van der Waals surface area contributed by atoms with Crippen LogP contribution in [0.3, 0.4) is 0 Å². The topological polar surface area (TPSA) is 33.4 Å². The van der Waals surface area contributed by atoms with Gasteiger partial charge in [0.15, 0.2) is 0 Å². The third-order valence-electron chi connectivity index (χ3n) is 2.78. The third kappa shape index (κ3) is 2.74. The molecular weight excluding hydrogens is 219 g/mol. The molecule has 1 heterocycles. The average Bonchev–Trinajstić information content (AvgIpc) is 2.77. The highest BCUT2D eigenvalue weighted by Gasteiger charge is 2.14. The summed E-state index contributed by atoms with van der Waals surface area (Å²) in [4.78, 5) is 0. The summed E-state index contributed by atoms with van der Waals surface area (Å²) in [5.74, 6) is 0.506. The van der Waals surface area contributed by atoms with Gasteiger partial charge in [0.1, 0.15) is 11.6 Å². The molecule has 0 fully saturated rings. The Hall–Kier alpha value is -1.61. The van der Waals surface area contributed by atoms with Crippen LogP contribution in [0.2, 0.25) is 0 Å². The molecule has 3 heteroatoms. The Balaban J connectivity index is 2.14. The highest BCUT2D eigenvalue weighted by Crippen LogP contribution is 2.23. The molecule has 2 rings (SSSR count). The molecule has 0 radical (unpaired) electrons. The van der Waals surface area contributed by atoms with E-state index in [0.717, 1.165) is 23.3 Å². The number of aryl methyl sites for hydroxylation is 1. The highest BCUT2D eigenvalue weighted by molar-refractivity contribution is 5.24. The SMILES string of the molecule is CCc1occc1C(O)Cc1cccc(F)c1. The quantitative estimate of drug-likeness (QED) is 0.880. The lowest BCUT2D eigenvalue weighted by Gasteiger charge is -2.10. The van der Waals surface area contributed by atoms with E-state index in [0.29, 0.717) is 6.42 Å². The van der Waals surface area contributed by atoms with E-state index in [1.807, 2.05) is 6.92 Å². The van der Waals surface area contributed by atoms with Gasteiger partial charge in [-0.1, -0.05) is 19.1 Å². The van der Waals surface area contributed by atoms with Gasteiger partial charge in [-0.05, 0) is 23.8 Å². The molecule has 1 N–H and O–H groups in total. The van der Waals surface area contributed by atoms with Gasteiger partial charge in [0.25, 0.3) is 0 Å². The lowest BCUT2D eigenvalue weighted by atomic mass is 10.0. The monoisotopic (exact) mass is 234 g/mol. The summed E-state index contributed by atoms with van der Waals surface area (Å²) in [7, 11) is 0. The molecule has 1 aromatic carbocycles. The fourth-order valence-electron chi connectivity index (χ4n) is 1.93. The summed E-state index contributed by atoms with van der Waals surface area (Å²) in [5, 5.41) is 10.1. The molecule has 1 aromatic heterocycles. The summed E-state index contributed by atoms with van der Waals surface area (Å²) in [6.07, 6.45) is 2.06. The zero-order valence-corrected chi connectivity index (χ0v) is 9.69. The Morgan fingerprint density at radius 1 is 1.35 bits per heavy atom. The second-order valence-electron chi connectivity index (χ2n) is 4.00. The molecule has 0 amide bonds. The van der Waals surface area contributed by atoms with E-state index >= 15 is 0 Å². The largest absolute Gasteiger partial charge is 0.469 e. The molecule has 90 valence electrons. The maximum atomic E-state index is 13.0. The van der Waals surface area contributed by atoms with Crippen molar-refractivity contribution in [2.75, 3.05) is 0 Å².